The molecule has 0 fully saturated rings. The minimum absolute atomic E-state index is 0.177. The van der Waals surface area contributed by atoms with Crippen molar-refractivity contribution in [1.82, 2.24) is 0 Å². The molecule has 0 spiro atoms. The van der Waals surface area contributed by atoms with Crippen molar-refractivity contribution >= 4 is 5.57 Å². The minimum Gasteiger partial charge on any atom is -0.501 e. The lowest BCUT2D eigenvalue weighted by Crippen LogP contribution is -2.01. The molecule has 0 amide bonds. The molecule has 1 aliphatic rings. The summed E-state index contributed by atoms with van der Waals surface area (Å²) >= 11 is 0. The third-order valence-electron chi connectivity index (χ3n) is 5.28. The van der Waals surface area contributed by atoms with Gasteiger partial charge in [0.1, 0.15) is 5.75 Å². The van der Waals surface area contributed by atoms with Gasteiger partial charge in [-0.05, 0) is 46.0 Å². The quantitative estimate of drug-likeness (QED) is 0.533. The molecule has 28 heavy (non-hydrogen) atoms. The Hall–Kier alpha value is -3.26. The Balaban J connectivity index is 1.90. The summed E-state index contributed by atoms with van der Waals surface area (Å²) in [5.41, 5.74) is 6.35. The lowest BCUT2D eigenvalue weighted by molar-refractivity contribution is 0.287. The lowest BCUT2D eigenvalue weighted by Gasteiger charge is -2.19. The molecule has 1 aliphatic carbocycles. The second kappa shape index (κ2) is 8.18. The van der Waals surface area contributed by atoms with Gasteiger partial charge in [0.2, 0.25) is 0 Å². The minimum atomic E-state index is 0.177. The third-order valence-corrected chi connectivity index (χ3v) is 5.28. The first-order valence-electron chi connectivity index (χ1n) is 9.52. The zero-order valence-electron chi connectivity index (χ0n) is 16.3. The van der Waals surface area contributed by atoms with Crippen LogP contribution in [0.2, 0.25) is 0 Å². The maximum absolute atomic E-state index is 5.66. The Bertz CT molecular complexity index is 942. The first kappa shape index (κ1) is 18.1. The second-order valence-corrected chi connectivity index (χ2v) is 6.90. The molecule has 1 unspecified atom stereocenters. The van der Waals surface area contributed by atoms with E-state index < -0.39 is 0 Å². The Morgan fingerprint density at radius 1 is 0.714 bits per heavy atom. The normalized spacial score (nSPS) is 15.9. The van der Waals surface area contributed by atoms with E-state index in [2.05, 4.69) is 78.9 Å². The van der Waals surface area contributed by atoms with E-state index in [0.717, 1.165) is 17.9 Å². The number of allylic oxidation sites excluding steroid dienone is 2. The molecule has 0 saturated carbocycles. The van der Waals surface area contributed by atoms with Crippen molar-refractivity contribution in [3.05, 3.63) is 119 Å². The Morgan fingerprint density at radius 3 is 1.79 bits per heavy atom. The summed E-state index contributed by atoms with van der Waals surface area (Å²) in [6, 6.07) is 29.6. The molecule has 0 aromatic heterocycles. The highest BCUT2D eigenvalue weighted by Crippen LogP contribution is 2.44. The Morgan fingerprint density at radius 2 is 1.29 bits per heavy atom. The highest BCUT2D eigenvalue weighted by Gasteiger charge is 2.28. The molecule has 4 rings (SSSR count). The van der Waals surface area contributed by atoms with Crippen LogP contribution in [0.25, 0.3) is 5.57 Å². The van der Waals surface area contributed by atoms with Crippen LogP contribution in [0.15, 0.2) is 102 Å². The van der Waals surface area contributed by atoms with E-state index in [9.17, 15) is 0 Å². The summed E-state index contributed by atoms with van der Waals surface area (Å²) in [7, 11) is 3.45. The zero-order valence-corrected chi connectivity index (χ0v) is 16.3. The van der Waals surface area contributed by atoms with Gasteiger partial charge in [-0.3, -0.25) is 0 Å². The van der Waals surface area contributed by atoms with Crippen molar-refractivity contribution in [2.45, 2.75) is 12.3 Å². The molecule has 3 aromatic carbocycles. The molecule has 140 valence electrons. The van der Waals surface area contributed by atoms with Crippen LogP contribution in [0.4, 0.5) is 0 Å². The van der Waals surface area contributed by atoms with Crippen LogP contribution in [0, 0.1) is 0 Å². The molecule has 2 nitrogen and oxygen atoms in total. The van der Waals surface area contributed by atoms with Crippen LogP contribution in [-0.2, 0) is 4.74 Å². The van der Waals surface area contributed by atoms with Gasteiger partial charge in [-0.1, -0.05) is 72.8 Å². The largest absolute Gasteiger partial charge is 0.501 e. The predicted octanol–water partition coefficient (Wildman–Crippen LogP) is 6.21. The fourth-order valence-electron chi connectivity index (χ4n) is 3.88. The van der Waals surface area contributed by atoms with E-state index >= 15 is 0 Å². The summed E-state index contributed by atoms with van der Waals surface area (Å²) in [6.45, 7) is 0. The second-order valence-electron chi connectivity index (χ2n) is 6.90. The first-order chi connectivity index (χ1) is 13.8. The van der Waals surface area contributed by atoms with Crippen LogP contribution in [-0.4, -0.2) is 14.2 Å². The van der Waals surface area contributed by atoms with Crippen LogP contribution in [0.5, 0.6) is 5.75 Å². The standard InChI is InChI=1S/C26H24O2/c1-27-22-15-13-19(14-16-22)24-17-23(28-2)18-25(24)26(20-9-5-3-6-10-20)21-11-7-4-8-12-21/h3-17,24H,18H2,1-2H3. The number of hydrogen-bond donors (Lipinski definition) is 0. The smallest absolute Gasteiger partial charge is 0.118 e. The van der Waals surface area contributed by atoms with Gasteiger partial charge < -0.3 is 9.47 Å². The molecule has 0 bridgehead atoms. The van der Waals surface area contributed by atoms with Crippen molar-refractivity contribution in [3.8, 4) is 5.75 Å². The van der Waals surface area contributed by atoms with Gasteiger partial charge in [0, 0.05) is 12.3 Å². The van der Waals surface area contributed by atoms with Crippen molar-refractivity contribution in [2.75, 3.05) is 14.2 Å². The van der Waals surface area contributed by atoms with Crippen LogP contribution in [0.3, 0.4) is 0 Å². The van der Waals surface area contributed by atoms with Gasteiger partial charge in [0.25, 0.3) is 0 Å². The summed E-state index contributed by atoms with van der Waals surface area (Å²) in [4.78, 5) is 0. The van der Waals surface area contributed by atoms with Gasteiger partial charge in [-0.15, -0.1) is 0 Å². The van der Waals surface area contributed by atoms with E-state index in [1.54, 1.807) is 14.2 Å². The van der Waals surface area contributed by atoms with Gasteiger partial charge >= 0.3 is 0 Å². The number of benzene rings is 3. The molecule has 0 radical (unpaired) electrons. The van der Waals surface area contributed by atoms with Gasteiger partial charge in [-0.2, -0.15) is 0 Å². The van der Waals surface area contributed by atoms with E-state index in [0.29, 0.717) is 0 Å². The molecule has 0 saturated heterocycles. The number of methoxy groups -OCH3 is 2. The van der Waals surface area contributed by atoms with Crippen molar-refractivity contribution in [3.63, 3.8) is 0 Å². The highest BCUT2D eigenvalue weighted by atomic mass is 16.5. The van der Waals surface area contributed by atoms with Gasteiger partial charge in [0.05, 0.1) is 20.0 Å². The summed E-state index contributed by atoms with van der Waals surface area (Å²) in [5, 5.41) is 0. The molecule has 1 atom stereocenters. The Labute approximate surface area is 166 Å². The molecular formula is C26H24O2. The molecule has 2 heteroatoms. The third kappa shape index (κ3) is 3.59. The maximum Gasteiger partial charge on any atom is 0.118 e. The number of hydrogen-bond acceptors (Lipinski definition) is 2. The zero-order chi connectivity index (χ0) is 19.3. The van der Waals surface area contributed by atoms with Crippen molar-refractivity contribution in [2.24, 2.45) is 0 Å². The topological polar surface area (TPSA) is 18.5 Å². The fourth-order valence-corrected chi connectivity index (χ4v) is 3.88. The van der Waals surface area contributed by atoms with Crippen LogP contribution in [0.1, 0.15) is 29.0 Å². The van der Waals surface area contributed by atoms with Crippen molar-refractivity contribution < 1.29 is 9.47 Å². The van der Waals surface area contributed by atoms with Crippen molar-refractivity contribution in [1.29, 1.82) is 0 Å². The van der Waals surface area contributed by atoms with E-state index in [-0.39, 0.29) is 5.92 Å². The number of ether oxygens (including phenoxy) is 2. The average molecular weight is 368 g/mol. The van der Waals surface area contributed by atoms with E-state index in [1.165, 1.54) is 27.8 Å². The van der Waals surface area contributed by atoms with Crippen LogP contribution >= 0.6 is 0 Å². The van der Waals surface area contributed by atoms with Gasteiger partial charge in [0.15, 0.2) is 0 Å². The summed E-state index contributed by atoms with van der Waals surface area (Å²) in [6.07, 6.45) is 3.05. The fraction of sp³-hybridized carbons (Fsp3) is 0.154. The van der Waals surface area contributed by atoms with Gasteiger partial charge in [-0.25, -0.2) is 0 Å². The monoisotopic (exact) mass is 368 g/mol. The number of rotatable bonds is 5. The van der Waals surface area contributed by atoms with E-state index in [4.69, 9.17) is 9.47 Å². The maximum atomic E-state index is 5.66. The Kier molecular flexibility index (Phi) is 5.29. The molecule has 0 aliphatic heterocycles. The highest BCUT2D eigenvalue weighted by molar-refractivity contribution is 5.84. The predicted molar refractivity (Wildman–Crippen MR) is 114 cm³/mol. The molecular weight excluding hydrogens is 344 g/mol. The summed E-state index contributed by atoms with van der Waals surface area (Å²) < 4.78 is 11.0. The molecule has 0 N–H and O–H groups in total. The van der Waals surface area contributed by atoms with E-state index in [1.807, 2.05) is 12.1 Å². The lowest BCUT2D eigenvalue weighted by atomic mass is 9.85. The SMILES string of the molecule is COC1=CC(c2ccc(OC)cc2)C(=C(c2ccccc2)c2ccccc2)C1. The first-order valence-corrected chi connectivity index (χ1v) is 9.52. The molecule has 3 aromatic rings. The summed E-state index contributed by atoms with van der Waals surface area (Å²) in [5.74, 6) is 2.06. The van der Waals surface area contributed by atoms with Crippen LogP contribution < -0.4 is 4.74 Å². The average Bonchev–Trinajstić information content (AvgIpc) is 3.19. The molecule has 0 heterocycles.